The van der Waals surface area contributed by atoms with E-state index in [0.29, 0.717) is 56.9 Å². The predicted octanol–water partition coefficient (Wildman–Crippen LogP) is 1.57. The second-order valence-electron chi connectivity index (χ2n) is 6.46. The van der Waals surface area contributed by atoms with Crippen LogP contribution in [0.25, 0.3) is 0 Å². The molecule has 7 nitrogen and oxygen atoms in total. The van der Waals surface area contributed by atoms with Gasteiger partial charge in [-0.3, -0.25) is 4.79 Å². The van der Waals surface area contributed by atoms with Crippen LogP contribution < -0.4 is 14.2 Å². The van der Waals surface area contributed by atoms with Crippen molar-refractivity contribution in [3.8, 4) is 11.5 Å². The first kappa shape index (κ1) is 20.5. The van der Waals surface area contributed by atoms with E-state index >= 15 is 0 Å². The first-order valence-electron chi connectivity index (χ1n) is 8.87. The summed E-state index contributed by atoms with van der Waals surface area (Å²) in [5, 5.41) is 0. The van der Waals surface area contributed by atoms with Gasteiger partial charge < -0.3 is 14.4 Å². The summed E-state index contributed by atoms with van der Waals surface area (Å²) >= 11 is 0. The molecule has 0 spiro atoms. The number of nitrogens with zero attached hydrogens (tertiary/aromatic N) is 1. The maximum atomic E-state index is 12.4. The number of piperidine rings is 1. The van der Waals surface area contributed by atoms with Crippen molar-refractivity contribution in [1.82, 2.24) is 9.62 Å². The molecule has 1 aromatic carbocycles. The number of hydrogen-bond acceptors (Lipinski definition) is 5. The number of likely N-dealkylation sites (tertiary alicyclic amines) is 1. The van der Waals surface area contributed by atoms with E-state index in [1.54, 1.807) is 7.11 Å². The number of carbonyl (C=O) groups excluding carboxylic acids is 1. The summed E-state index contributed by atoms with van der Waals surface area (Å²) in [4.78, 5) is 14.2. The number of benzene rings is 1. The molecule has 2 rings (SSSR count). The number of sulfonamides is 1. The second kappa shape index (κ2) is 9.23. The fourth-order valence-electron chi connectivity index (χ4n) is 3.10. The van der Waals surface area contributed by atoms with Gasteiger partial charge in [0.05, 0.1) is 20.0 Å². The van der Waals surface area contributed by atoms with Gasteiger partial charge in [0.15, 0.2) is 11.5 Å². The van der Waals surface area contributed by atoms with Crippen molar-refractivity contribution in [2.45, 2.75) is 38.6 Å². The highest BCUT2D eigenvalue weighted by atomic mass is 32.2. The van der Waals surface area contributed by atoms with E-state index in [9.17, 15) is 13.2 Å². The first-order valence-corrected chi connectivity index (χ1v) is 10.8. The minimum atomic E-state index is -3.20. The molecule has 1 fully saturated rings. The van der Waals surface area contributed by atoms with Crippen molar-refractivity contribution < 1.29 is 22.7 Å². The van der Waals surface area contributed by atoms with Gasteiger partial charge in [-0.15, -0.1) is 0 Å². The molecule has 0 bridgehead atoms. The van der Waals surface area contributed by atoms with Crippen LogP contribution in [0.3, 0.4) is 0 Å². The normalized spacial score (nSPS) is 15.7. The van der Waals surface area contributed by atoms with Gasteiger partial charge >= 0.3 is 0 Å². The maximum Gasteiger partial charge on any atom is 0.222 e. The Bertz CT molecular complexity index is 712. The number of carbonyl (C=O) groups is 1. The molecule has 1 aromatic rings. The van der Waals surface area contributed by atoms with Crippen LogP contribution in [0.4, 0.5) is 0 Å². The average molecular weight is 384 g/mol. The first-order chi connectivity index (χ1) is 12.3. The van der Waals surface area contributed by atoms with Gasteiger partial charge in [0.2, 0.25) is 15.9 Å². The summed E-state index contributed by atoms with van der Waals surface area (Å²) in [5.74, 6) is 1.46. The number of rotatable bonds is 8. The van der Waals surface area contributed by atoms with Crippen LogP contribution in [0.15, 0.2) is 18.2 Å². The topological polar surface area (TPSA) is 84.9 Å². The summed E-state index contributed by atoms with van der Waals surface area (Å²) in [6.45, 7) is 3.65. The van der Waals surface area contributed by atoms with Crippen molar-refractivity contribution >= 4 is 15.9 Å². The van der Waals surface area contributed by atoms with Crippen LogP contribution in [0.1, 0.15) is 31.7 Å². The fourth-order valence-corrected chi connectivity index (χ4v) is 3.94. The van der Waals surface area contributed by atoms with Crippen molar-refractivity contribution in [2.24, 2.45) is 0 Å². The van der Waals surface area contributed by atoms with Gasteiger partial charge in [-0.1, -0.05) is 6.07 Å². The molecule has 1 N–H and O–H groups in total. The van der Waals surface area contributed by atoms with E-state index < -0.39 is 10.0 Å². The highest BCUT2D eigenvalue weighted by Gasteiger charge is 2.24. The highest BCUT2D eigenvalue weighted by Crippen LogP contribution is 2.28. The van der Waals surface area contributed by atoms with E-state index in [1.165, 1.54) is 0 Å². The molecule has 1 amide bonds. The van der Waals surface area contributed by atoms with Gasteiger partial charge in [0.25, 0.3) is 0 Å². The Balaban J connectivity index is 1.84. The third-order valence-electron chi connectivity index (χ3n) is 4.38. The lowest BCUT2D eigenvalue weighted by Gasteiger charge is -2.32. The molecule has 0 saturated carbocycles. The fraction of sp³-hybridized carbons (Fsp3) is 0.611. The number of hydrogen-bond donors (Lipinski definition) is 1. The molecule has 0 atom stereocenters. The molecule has 0 radical (unpaired) electrons. The van der Waals surface area contributed by atoms with E-state index in [0.717, 1.165) is 11.8 Å². The van der Waals surface area contributed by atoms with E-state index in [4.69, 9.17) is 9.47 Å². The molecule has 0 aromatic heterocycles. The Morgan fingerprint density at radius 2 is 1.96 bits per heavy atom. The molecule has 0 aliphatic carbocycles. The number of ether oxygens (including phenoxy) is 2. The summed E-state index contributed by atoms with van der Waals surface area (Å²) < 4.78 is 36.0. The molecular weight excluding hydrogens is 356 g/mol. The van der Waals surface area contributed by atoms with Gasteiger partial charge in [-0.05, 0) is 43.9 Å². The number of nitrogens with one attached hydrogen (secondary N) is 1. The number of aryl methyl sites for hydroxylation is 1. The zero-order chi connectivity index (χ0) is 19.2. The minimum absolute atomic E-state index is 0.0792. The molecule has 8 heteroatoms. The van der Waals surface area contributed by atoms with E-state index in [-0.39, 0.29) is 11.9 Å². The lowest BCUT2D eigenvalue weighted by atomic mass is 10.0. The van der Waals surface area contributed by atoms with Crippen LogP contribution in [-0.2, 0) is 21.2 Å². The summed E-state index contributed by atoms with van der Waals surface area (Å²) in [7, 11) is -1.60. The van der Waals surface area contributed by atoms with Crippen LogP contribution in [-0.4, -0.2) is 58.3 Å². The largest absolute Gasteiger partial charge is 0.493 e. The molecular formula is C18H28N2O5S. The van der Waals surface area contributed by atoms with Crippen molar-refractivity contribution in [1.29, 1.82) is 0 Å². The molecule has 1 aliphatic heterocycles. The highest BCUT2D eigenvalue weighted by molar-refractivity contribution is 7.88. The Morgan fingerprint density at radius 3 is 2.54 bits per heavy atom. The van der Waals surface area contributed by atoms with Crippen molar-refractivity contribution in [2.75, 3.05) is 33.1 Å². The Morgan fingerprint density at radius 1 is 1.27 bits per heavy atom. The minimum Gasteiger partial charge on any atom is -0.493 e. The number of methoxy groups -OCH3 is 1. The van der Waals surface area contributed by atoms with Crippen LogP contribution >= 0.6 is 0 Å². The van der Waals surface area contributed by atoms with Gasteiger partial charge in [0, 0.05) is 25.6 Å². The monoisotopic (exact) mass is 384 g/mol. The lowest BCUT2D eigenvalue weighted by molar-refractivity contribution is -0.132. The van der Waals surface area contributed by atoms with Gasteiger partial charge in [0.1, 0.15) is 0 Å². The quantitative estimate of drug-likeness (QED) is 0.735. The summed E-state index contributed by atoms with van der Waals surface area (Å²) in [6.07, 6.45) is 3.51. The van der Waals surface area contributed by atoms with Crippen LogP contribution in [0, 0.1) is 0 Å². The second-order valence-corrected chi connectivity index (χ2v) is 8.24. The molecule has 1 aliphatic rings. The summed E-state index contributed by atoms with van der Waals surface area (Å²) in [5.41, 5.74) is 1.02. The Kier molecular flexibility index (Phi) is 7.28. The van der Waals surface area contributed by atoms with E-state index in [1.807, 2.05) is 30.0 Å². The zero-order valence-electron chi connectivity index (χ0n) is 15.7. The SMILES string of the molecule is CCOc1ccc(CCC(=O)N2CCC(NS(C)(=O)=O)CC2)cc1OC. The van der Waals surface area contributed by atoms with Crippen molar-refractivity contribution in [3.63, 3.8) is 0 Å². The van der Waals surface area contributed by atoms with Crippen LogP contribution in [0.5, 0.6) is 11.5 Å². The number of amides is 1. The molecule has 26 heavy (non-hydrogen) atoms. The van der Waals surface area contributed by atoms with Gasteiger partial charge in [-0.2, -0.15) is 0 Å². The maximum absolute atomic E-state index is 12.4. The predicted molar refractivity (Wildman–Crippen MR) is 100 cm³/mol. The third-order valence-corrected chi connectivity index (χ3v) is 5.15. The zero-order valence-corrected chi connectivity index (χ0v) is 16.5. The lowest BCUT2D eigenvalue weighted by Crippen LogP contribution is -2.46. The van der Waals surface area contributed by atoms with Crippen molar-refractivity contribution in [3.05, 3.63) is 23.8 Å². The average Bonchev–Trinajstić information content (AvgIpc) is 2.60. The molecule has 146 valence electrons. The molecule has 1 heterocycles. The Labute approximate surface area is 155 Å². The molecule has 0 unspecified atom stereocenters. The standard InChI is InChI=1S/C18H28N2O5S/c1-4-25-16-7-5-14(13-17(16)24-2)6-8-18(21)20-11-9-15(10-12-20)19-26(3,22)23/h5,7,13,15,19H,4,6,8-12H2,1-3H3. The summed E-state index contributed by atoms with van der Waals surface area (Å²) in [6, 6.07) is 5.64. The smallest absolute Gasteiger partial charge is 0.222 e. The Hall–Kier alpha value is -1.80. The third kappa shape index (κ3) is 6.17. The molecule has 1 saturated heterocycles. The van der Waals surface area contributed by atoms with E-state index in [2.05, 4.69) is 4.72 Å². The van der Waals surface area contributed by atoms with Gasteiger partial charge in [-0.25, -0.2) is 13.1 Å². The van der Waals surface area contributed by atoms with Crippen LogP contribution in [0.2, 0.25) is 0 Å².